The van der Waals surface area contributed by atoms with Gasteiger partial charge in [0.25, 0.3) is 0 Å². The Morgan fingerprint density at radius 2 is 1.65 bits per heavy atom. The van der Waals surface area contributed by atoms with Gasteiger partial charge in [-0.05, 0) is 50.8 Å². The van der Waals surface area contributed by atoms with Crippen molar-refractivity contribution in [3.63, 3.8) is 0 Å². The van der Waals surface area contributed by atoms with Gasteiger partial charge in [0.2, 0.25) is 5.91 Å². The summed E-state index contributed by atoms with van der Waals surface area (Å²) in [7, 11) is 0. The van der Waals surface area contributed by atoms with Gasteiger partial charge in [0.15, 0.2) is 5.65 Å². The fourth-order valence-electron chi connectivity index (χ4n) is 4.01. The molecule has 0 atom stereocenters. The SMILES string of the molecule is Cc1ccc(CNC(=O)CCc2c(C)nc3c(-c4ccccc4)c(C)nn3c2C)cc1. The molecule has 4 rings (SSSR count). The van der Waals surface area contributed by atoms with Gasteiger partial charge < -0.3 is 5.32 Å². The van der Waals surface area contributed by atoms with Crippen molar-refractivity contribution in [2.24, 2.45) is 0 Å². The summed E-state index contributed by atoms with van der Waals surface area (Å²) in [5.74, 6) is 0.0427. The molecule has 0 radical (unpaired) electrons. The van der Waals surface area contributed by atoms with E-state index in [4.69, 9.17) is 10.1 Å². The molecule has 0 bridgehead atoms. The lowest BCUT2D eigenvalue weighted by molar-refractivity contribution is -0.121. The highest BCUT2D eigenvalue weighted by Crippen LogP contribution is 2.29. The number of aromatic nitrogens is 3. The Labute approximate surface area is 183 Å². The number of nitrogens with zero attached hydrogens (tertiary/aromatic N) is 3. The van der Waals surface area contributed by atoms with Gasteiger partial charge in [-0.25, -0.2) is 9.50 Å². The molecular weight excluding hydrogens is 384 g/mol. The highest BCUT2D eigenvalue weighted by molar-refractivity contribution is 5.80. The third-order valence-electron chi connectivity index (χ3n) is 5.78. The molecule has 1 amide bonds. The fourth-order valence-corrected chi connectivity index (χ4v) is 4.01. The quantitative estimate of drug-likeness (QED) is 0.491. The number of carbonyl (C=O) groups is 1. The van der Waals surface area contributed by atoms with Crippen LogP contribution in [0.3, 0.4) is 0 Å². The molecular formula is C26H28N4O. The molecule has 0 saturated carbocycles. The van der Waals surface area contributed by atoms with Gasteiger partial charge in [-0.3, -0.25) is 4.79 Å². The molecule has 5 nitrogen and oxygen atoms in total. The van der Waals surface area contributed by atoms with Crippen molar-refractivity contribution in [1.82, 2.24) is 19.9 Å². The first kappa shape index (κ1) is 20.8. The highest BCUT2D eigenvalue weighted by atomic mass is 16.1. The van der Waals surface area contributed by atoms with Gasteiger partial charge >= 0.3 is 0 Å². The van der Waals surface area contributed by atoms with Crippen LogP contribution in [0.4, 0.5) is 0 Å². The van der Waals surface area contributed by atoms with Crippen molar-refractivity contribution in [3.05, 3.63) is 88.4 Å². The maximum Gasteiger partial charge on any atom is 0.220 e. The molecule has 0 saturated heterocycles. The van der Waals surface area contributed by atoms with Crippen molar-refractivity contribution >= 4 is 11.6 Å². The van der Waals surface area contributed by atoms with E-state index in [1.54, 1.807) is 0 Å². The van der Waals surface area contributed by atoms with Gasteiger partial charge in [-0.1, -0.05) is 60.2 Å². The number of fused-ring (bicyclic) bond motifs is 1. The van der Waals surface area contributed by atoms with Crippen molar-refractivity contribution in [2.45, 2.75) is 47.1 Å². The van der Waals surface area contributed by atoms with E-state index in [1.807, 2.05) is 48.7 Å². The summed E-state index contributed by atoms with van der Waals surface area (Å²) in [4.78, 5) is 17.3. The van der Waals surface area contributed by atoms with E-state index in [0.717, 1.165) is 45.0 Å². The molecule has 0 aliphatic rings. The van der Waals surface area contributed by atoms with Gasteiger partial charge in [0, 0.05) is 29.9 Å². The molecule has 2 aromatic heterocycles. The summed E-state index contributed by atoms with van der Waals surface area (Å²) in [6, 6.07) is 18.5. The van der Waals surface area contributed by atoms with Crippen LogP contribution in [0, 0.1) is 27.7 Å². The maximum absolute atomic E-state index is 12.4. The van der Waals surface area contributed by atoms with E-state index >= 15 is 0 Å². The summed E-state index contributed by atoms with van der Waals surface area (Å²) >= 11 is 0. The molecule has 0 unspecified atom stereocenters. The second-order valence-electron chi connectivity index (χ2n) is 8.09. The normalized spacial score (nSPS) is 11.1. The summed E-state index contributed by atoms with van der Waals surface area (Å²) in [6.07, 6.45) is 1.06. The molecule has 2 heterocycles. The minimum Gasteiger partial charge on any atom is -0.352 e. The predicted molar refractivity (Wildman–Crippen MR) is 124 cm³/mol. The number of rotatable bonds is 6. The zero-order chi connectivity index (χ0) is 22.0. The number of hydrogen-bond donors (Lipinski definition) is 1. The van der Waals surface area contributed by atoms with Gasteiger partial charge in [-0.2, -0.15) is 5.10 Å². The Morgan fingerprint density at radius 1 is 0.935 bits per heavy atom. The van der Waals surface area contributed by atoms with Crippen LogP contribution >= 0.6 is 0 Å². The highest BCUT2D eigenvalue weighted by Gasteiger charge is 2.18. The first-order valence-electron chi connectivity index (χ1n) is 10.7. The Kier molecular flexibility index (Phi) is 5.85. The molecule has 0 spiro atoms. The van der Waals surface area contributed by atoms with Crippen LogP contribution in [0.25, 0.3) is 16.8 Å². The lowest BCUT2D eigenvalue weighted by Crippen LogP contribution is -2.23. The summed E-state index contributed by atoms with van der Waals surface area (Å²) < 4.78 is 1.92. The molecule has 31 heavy (non-hydrogen) atoms. The monoisotopic (exact) mass is 412 g/mol. The van der Waals surface area contributed by atoms with Gasteiger partial charge in [-0.15, -0.1) is 0 Å². The molecule has 0 fully saturated rings. The number of hydrogen-bond acceptors (Lipinski definition) is 3. The number of aryl methyl sites for hydroxylation is 4. The average Bonchev–Trinajstić information content (AvgIpc) is 3.09. The third kappa shape index (κ3) is 4.36. The van der Waals surface area contributed by atoms with Gasteiger partial charge in [0.05, 0.1) is 5.69 Å². The predicted octanol–water partition coefficient (Wildman–Crippen LogP) is 4.88. The smallest absolute Gasteiger partial charge is 0.220 e. The Balaban J connectivity index is 1.52. The molecule has 2 aromatic carbocycles. The lowest BCUT2D eigenvalue weighted by Gasteiger charge is -2.12. The van der Waals surface area contributed by atoms with E-state index in [0.29, 0.717) is 19.4 Å². The summed E-state index contributed by atoms with van der Waals surface area (Å²) in [6.45, 7) is 8.70. The topological polar surface area (TPSA) is 59.3 Å². The second kappa shape index (κ2) is 8.72. The second-order valence-corrected chi connectivity index (χ2v) is 8.09. The van der Waals surface area contributed by atoms with Crippen LogP contribution < -0.4 is 5.32 Å². The Bertz CT molecular complexity index is 1220. The molecule has 4 aromatic rings. The molecule has 1 N–H and O–H groups in total. The van der Waals surface area contributed by atoms with Crippen LogP contribution in [0.5, 0.6) is 0 Å². The molecule has 5 heteroatoms. The first-order chi connectivity index (χ1) is 14.9. The van der Waals surface area contributed by atoms with Crippen molar-refractivity contribution in [3.8, 4) is 11.1 Å². The number of nitrogens with one attached hydrogen (secondary N) is 1. The Hall–Kier alpha value is -3.47. The summed E-state index contributed by atoms with van der Waals surface area (Å²) in [5, 5.41) is 7.77. The van der Waals surface area contributed by atoms with Crippen LogP contribution in [0.1, 0.15) is 40.2 Å². The van der Waals surface area contributed by atoms with E-state index < -0.39 is 0 Å². The van der Waals surface area contributed by atoms with Crippen LogP contribution in [0.15, 0.2) is 54.6 Å². The molecule has 0 aliphatic heterocycles. The van der Waals surface area contributed by atoms with Crippen LogP contribution in [-0.2, 0) is 17.8 Å². The summed E-state index contributed by atoms with van der Waals surface area (Å²) in [5.41, 5.74) is 9.40. The largest absolute Gasteiger partial charge is 0.352 e. The van der Waals surface area contributed by atoms with Crippen LogP contribution in [0.2, 0.25) is 0 Å². The zero-order valence-electron chi connectivity index (χ0n) is 18.6. The maximum atomic E-state index is 12.4. The van der Waals surface area contributed by atoms with E-state index in [9.17, 15) is 4.79 Å². The van der Waals surface area contributed by atoms with Crippen molar-refractivity contribution in [1.29, 1.82) is 0 Å². The minimum atomic E-state index is 0.0427. The van der Waals surface area contributed by atoms with E-state index in [2.05, 4.69) is 43.4 Å². The standard InChI is InChI=1S/C26H28N4O/c1-17-10-12-21(13-11-17)16-27-24(31)15-14-23-18(2)28-26-25(22-8-6-5-7-9-22)19(3)29-30(26)20(23)4/h5-13H,14-16H2,1-4H3,(H,27,31). The van der Waals surface area contributed by atoms with Gasteiger partial charge in [0.1, 0.15) is 0 Å². The fraction of sp³-hybridized carbons (Fsp3) is 0.269. The molecule has 0 aliphatic carbocycles. The van der Waals surface area contributed by atoms with Crippen molar-refractivity contribution in [2.75, 3.05) is 0 Å². The van der Waals surface area contributed by atoms with Crippen molar-refractivity contribution < 1.29 is 4.79 Å². The molecule has 158 valence electrons. The number of carbonyl (C=O) groups excluding carboxylic acids is 1. The zero-order valence-corrected chi connectivity index (χ0v) is 18.6. The first-order valence-corrected chi connectivity index (χ1v) is 10.7. The average molecular weight is 413 g/mol. The van der Waals surface area contributed by atoms with E-state index in [1.165, 1.54) is 5.56 Å². The van der Waals surface area contributed by atoms with Crippen LogP contribution in [-0.4, -0.2) is 20.5 Å². The number of amides is 1. The van der Waals surface area contributed by atoms with E-state index in [-0.39, 0.29) is 5.91 Å². The minimum absolute atomic E-state index is 0.0427. The Morgan fingerprint density at radius 3 is 2.35 bits per heavy atom. The lowest BCUT2D eigenvalue weighted by atomic mass is 10.0. The third-order valence-corrected chi connectivity index (χ3v) is 5.78. The number of benzene rings is 2.